The molecule has 0 bridgehead atoms. The van der Waals surface area contributed by atoms with Crippen molar-refractivity contribution in [3.05, 3.63) is 29.8 Å². The van der Waals surface area contributed by atoms with E-state index in [-0.39, 0.29) is 12.0 Å². The number of ether oxygens (including phenoxy) is 1. The Kier molecular flexibility index (Phi) is 4.49. The molecular weight excluding hydrogens is 266 g/mol. The number of benzene rings is 1. The third kappa shape index (κ3) is 3.96. The normalized spacial score (nSPS) is 19.0. The van der Waals surface area contributed by atoms with Crippen LogP contribution in [0.15, 0.2) is 24.3 Å². The second kappa shape index (κ2) is 6.15. The molecule has 2 rings (SSSR count). The van der Waals surface area contributed by atoms with Gasteiger partial charge in [-0.2, -0.15) is 5.26 Å². The average Bonchev–Trinajstić information content (AvgIpc) is 2.45. The second-order valence-corrected chi connectivity index (χ2v) is 6.11. The Labute approximate surface area is 125 Å². The van der Waals surface area contributed by atoms with Crippen LogP contribution in [0.3, 0.4) is 0 Å². The molecule has 1 N–H and O–H groups in total. The topological polar surface area (TPSA) is 65.4 Å². The van der Waals surface area contributed by atoms with E-state index in [1.54, 1.807) is 12.1 Å². The summed E-state index contributed by atoms with van der Waals surface area (Å²) in [5, 5.41) is 12.1. The largest absolute Gasteiger partial charge is 0.458 e. The van der Waals surface area contributed by atoms with Gasteiger partial charge in [-0.25, -0.2) is 4.79 Å². The lowest BCUT2D eigenvalue weighted by molar-refractivity contribution is -0.156. The standard InChI is InChI=1S/C16H21N3O2/c1-16(2,3)21-15(20)14-11-18-8-9-19(14)13-6-4-12(10-17)5-7-13/h4-7,14,18H,8-9,11H2,1-3H3. The summed E-state index contributed by atoms with van der Waals surface area (Å²) in [6.07, 6.45) is 0. The van der Waals surface area contributed by atoms with Gasteiger partial charge in [-0.3, -0.25) is 0 Å². The lowest BCUT2D eigenvalue weighted by atomic mass is 10.1. The molecule has 21 heavy (non-hydrogen) atoms. The van der Waals surface area contributed by atoms with E-state index in [0.717, 1.165) is 18.8 Å². The molecule has 112 valence electrons. The van der Waals surface area contributed by atoms with Gasteiger partial charge < -0.3 is 15.0 Å². The van der Waals surface area contributed by atoms with Gasteiger partial charge in [0.25, 0.3) is 0 Å². The molecule has 1 unspecified atom stereocenters. The van der Waals surface area contributed by atoms with Gasteiger partial charge in [-0.05, 0) is 45.0 Å². The summed E-state index contributed by atoms with van der Waals surface area (Å²) in [5.74, 6) is -0.223. The van der Waals surface area contributed by atoms with Crippen molar-refractivity contribution in [1.82, 2.24) is 5.32 Å². The van der Waals surface area contributed by atoms with Crippen LogP contribution >= 0.6 is 0 Å². The van der Waals surface area contributed by atoms with Crippen molar-refractivity contribution in [3.8, 4) is 6.07 Å². The Morgan fingerprint density at radius 1 is 1.38 bits per heavy atom. The van der Waals surface area contributed by atoms with Crippen molar-refractivity contribution in [2.24, 2.45) is 0 Å². The predicted octanol–water partition coefficient (Wildman–Crippen LogP) is 1.68. The maximum atomic E-state index is 12.4. The molecule has 1 aromatic carbocycles. The zero-order valence-corrected chi connectivity index (χ0v) is 12.7. The first kappa shape index (κ1) is 15.3. The fourth-order valence-electron chi connectivity index (χ4n) is 2.32. The highest BCUT2D eigenvalue weighted by Crippen LogP contribution is 2.21. The molecule has 5 heteroatoms. The smallest absolute Gasteiger partial charge is 0.330 e. The minimum absolute atomic E-state index is 0.223. The number of nitrogens with one attached hydrogen (secondary N) is 1. The van der Waals surface area contributed by atoms with E-state index in [1.807, 2.05) is 37.8 Å². The van der Waals surface area contributed by atoms with Crippen LogP contribution in [0.1, 0.15) is 26.3 Å². The number of carbonyl (C=O) groups excluding carboxylic acids is 1. The van der Waals surface area contributed by atoms with Gasteiger partial charge in [0.05, 0.1) is 11.6 Å². The van der Waals surface area contributed by atoms with Crippen LogP contribution in [0.25, 0.3) is 0 Å². The van der Waals surface area contributed by atoms with Crippen LogP contribution in [0.4, 0.5) is 5.69 Å². The molecule has 0 saturated carbocycles. The van der Waals surface area contributed by atoms with Crippen molar-refractivity contribution in [1.29, 1.82) is 5.26 Å². The van der Waals surface area contributed by atoms with Gasteiger partial charge >= 0.3 is 5.97 Å². The van der Waals surface area contributed by atoms with Crippen molar-refractivity contribution >= 4 is 11.7 Å². The minimum Gasteiger partial charge on any atom is -0.458 e. The quantitative estimate of drug-likeness (QED) is 0.838. The second-order valence-electron chi connectivity index (χ2n) is 6.11. The number of nitriles is 1. The monoisotopic (exact) mass is 287 g/mol. The molecule has 1 heterocycles. The Morgan fingerprint density at radius 2 is 2.05 bits per heavy atom. The first-order chi connectivity index (χ1) is 9.90. The molecule has 1 aromatic rings. The van der Waals surface area contributed by atoms with E-state index in [1.165, 1.54) is 0 Å². The van der Waals surface area contributed by atoms with E-state index < -0.39 is 5.60 Å². The predicted molar refractivity (Wildman–Crippen MR) is 81.0 cm³/mol. The zero-order chi connectivity index (χ0) is 15.5. The Morgan fingerprint density at radius 3 is 2.62 bits per heavy atom. The average molecular weight is 287 g/mol. The number of esters is 1. The Hall–Kier alpha value is -2.06. The third-order valence-corrected chi connectivity index (χ3v) is 3.25. The van der Waals surface area contributed by atoms with Gasteiger partial charge in [0.2, 0.25) is 0 Å². The molecule has 1 saturated heterocycles. The number of hydrogen-bond donors (Lipinski definition) is 1. The van der Waals surface area contributed by atoms with Gasteiger partial charge in [0.15, 0.2) is 0 Å². The molecule has 0 radical (unpaired) electrons. The van der Waals surface area contributed by atoms with Crippen molar-refractivity contribution < 1.29 is 9.53 Å². The van der Waals surface area contributed by atoms with Crippen LogP contribution < -0.4 is 10.2 Å². The molecule has 0 spiro atoms. The lowest BCUT2D eigenvalue weighted by Gasteiger charge is -2.37. The molecule has 1 fully saturated rings. The zero-order valence-electron chi connectivity index (χ0n) is 12.7. The number of rotatable bonds is 2. The summed E-state index contributed by atoms with van der Waals surface area (Å²) in [6, 6.07) is 9.05. The molecule has 0 aliphatic carbocycles. The Bertz CT molecular complexity index is 540. The number of piperazine rings is 1. The number of hydrogen-bond acceptors (Lipinski definition) is 5. The van der Waals surface area contributed by atoms with Gasteiger partial charge in [-0.15, -0.1) is 0 Å². The SMILES string of the molecule is CC(C)(C)OC(=O)C1CNCCN1c1ccc(C#N)cc1. The van der Waals surface area contributed by atoms with E-state index in [9.17, 15) is 4.79 Å². The maximum absolute atomic E-state index is 12.4. The number of anilines is 1. The van der Waals surface area contributed by atoms with E-state index in [4.69, 9.17) is 10.00 Å². The lowest BCUT2D eigenvalue weighted by Crippen LogP contribution is -2.56. The number of carbonyl (C=O) groups is 1. The third-order valence-electron chi connectivity index (χ3n) is 3.25. The summed E-state index contributed by atoms with van der Waals surface area (Å²) in [5.41, 5.74) is 1.05. The highest BCUT2D eigenvalue weighted by atomic mass is 16.6. The molecular formula is C16H21N3O2. The maximum Gasteiger partial charge on any atom is 0.330 e. The first-order valence-corrected chi connectivity index (χ1v) is 7.11. The first-order valence-electron chi connectivity index (χ1n) is 7.11. The number of nitrogens with zero attached hydrogens (tertiary/aromatic N) is 2. The molecule has 0 amide bonds. The summed E-state index contributed by atoms with van der Waals surface area (Å²) < 4.78 is 5.50. The molecule has 1 aliphatic heterocycles. The van der Waals surface area contributed by atoms with E-state index in [0.29, 0.717) is 12.1 Å². The van der Waals surface area contributed by atoms with Gasteiger partial charge in [-0.1, -0.05) is 0 Å². The van der Waals surface area contributed by atoms with E-state index in [2.05, 4.69) is 11.4 Å². The van der Waals surface area contributed by atoms with Crippen molar-refractivity contribution in [2.75, 3.05) is 24.5 Å². The van der Waals surface area contributed by atoms with Crippen LogP contribution in [0.2, 0.25) is 0 Å². The molecule has 1 atom stereocenters. The Balaban J connectivity index is 2.18. The fraction of sp³-hybridized carbons (Fsp3) is 0.500. The highest BCUT2D eigenvalue weighted by Gasteiger charge is 2.32. The molecule has 0 aromatic heterocycles. The van der Waals surface area contributed by atoms with Crippen LogP contribution in [0.5, 0.6) is 0 Å². The van der Waals surface area contributed by atoms with Crippen molar-refractivity contribution in [3.63, 3.8) is 0 Å². The summed E-state index contributed by atoms with van der Waals surface area (Å²) in [6.45, 7) is 7.72. The van der Waals surface area contributed by atoms with Gasteiger partial charge in [0, 0.05) is 25.3 Å². The summed E-state index contributed by atoms with van der Waals surface area (Å²) in [7, 11) is 0. The highest BCUT2D eigenvalue weighted by molar-refractivity contribution is 5.81. The minimum atomic E-state index is -0.495. The van der Waals surface area contributed by atoms with E-state index >= 15 is 0 Å². The molecule has 5 nitrogen and oxygen atoms in total. The van der Waals surface area contributed by atoms with Crippen molar-refractivity contribution in [2.45, 2.75) is 32.4 Å². The van der Waals surface area contributed by atoms with Gasteiger partial charge in [0.1, 0.15) is 11.6 Å². The van der Waals surface area contributed by atoms with Crippen LogP contribution in [0, 0.1) is 11.3 Å². The van der Waals surface area contributed by atoms with Crippen LogP contribution in [-0.4, -0.2) is 37.2 Å². The van der Waals surface area contributed by atoms with Crippen LogP contribution in [-0.2, 0) is 9.53 Å². The molecule has 1 aliphatic rings. The fourth-order valence-corrected chi connectivity index (χ4v) is 2.32. The summed E-state index contributed by atoms with van der Waals surface area (Å²) >= 11 is 0. The summed E-state index contributed by atoms with van der Waals surface area (Å²) in [4.78, 5) is 14.4.